The zero-order chi connectivity index (χ0) is 17.6. The van der Waals surface area contributed by atoms with E-state index < -0.39 is 16.9 Å². The lowest BCUT2D eigenvalue weighted by Gasteiger charge is -2.25. The second-order valence-electron chi connectivity index (χ2n) is 7.24. The molecule has 0 bridgehead atoms. The van der Waals surface area contributed by atoms with Gasteiger partial charge in [0, 0.05) is 18.0 Å². The Balaban J connectivity index is 2.65. The molecule has 0 saturated heterocycles. The van der Waals surface area contributed by atoms with E-state index in [2.05, 4.69) is 10.3 Å². The van der Waals surface area contributed by atoms with Crippen molar-refractivity contribution in [2.24, 2.45) is 5.41 Å². The molecule has 0 spiro atoms. The van der Waals surface area contributed by atoms with Crippen molar-refractivity contribution in [1.82, 2.24) is 10.3 Å². The molecule has 23 heavy (non-hydrogen) atoms. The number of carbonyl (C=O) groups excluding carboxylic acids is 2. The Kier molecular flexibility index (Phi) is 4.28. The van der Waals surface area contributed by atoms with Gasteiger partial charge in [0.25, 0.3) is 5.91 Å². The van der Waals surface area contributed by atoms with Gasteiger partial charge in [-0.2, -0.15) is 0 Å². The van der Waals surface area contributed by atoms with E-state index in [1.165, 1.54) is 6.20 Å². The van der Waals surface area contributed by atoms with Crippen molar-refractivity contribution < 1.29 is 14.3 Å². The summed E-state index contributed by atoms with van der Waals surface area (Å²) in [6.07, 6.45) is 3.09. The average Bonchev–Trinajstić information content (AvgIpc) is 2.59. The van der Waals surface area contributed by atoms with E-state index in [0.29, 0.717) is 16.3 Å². The third-order valence-electron chi connectivity index (χ3n) is 3.59. The first-order chi connectivity index (χ1) is 10.4. The molecule has 5 nitrogen and oxygen atoms in total. The van der Waals surface area contributed by atoms with Gasteiger partial charge in [0.05, 0.1) is 21.5 Å². The number of nitrogens with one attached hydrogen (secondary N) is 1. The van der Waals surface area contributed by atoms with Gasteiger partial charge in [0.15, 0.2) is 0 Å². The third kappa shape index (κ3) is 3.24. The molecule has 0 saturated carbocycles. The van der Waals surface area contributed by atoms with Gasteiger partial charge in [-0.25, -0.2) is 0 Å². The first kappa shape index (κ1) is 17.5. The van der Waals surface area contributed by atoms with Gasteiger partial charge in [-0.3, -0.25) is 14.6 Å². The van der Waals surface area contributed by atoms with Gasteiger partial charge in [-0.15, -0.1) is 0 Å². The van der Waals surface area contributed by atoms with Gasteiger partial charge in [-0.1, -0.05) is 11.6 Å². The van der Waals surface area contributed by atoms with Gasteiger partial charge in [-0.05, 0) is 47.1 Å². The monoisotopic (exact) mass is 336 g/mol. The minimum absolute atomic E-state index is 0.289. The number of carbonyl (C=O) groups is 2. The van der Waals surface area contributed by atoms with Crippen molar-refractivity contribution in [2.75, 3.05) is 0 Å². The third-order valence-corrected chi connectivity index (χ3v) is 3.88. The predicted molar refractivity (Wildman–Crippen MR) is 88.7 cm³/mol. The van der Waals surface area contributed by atoms with Crippen molar-refractivity contribution in [3.63, 3.8) is 0 Å². The summed E-state index contributed by atoms with van der Waals surface area (Å²) in [6.45, 7) is 10.7. The number of amides is 1. The Bertz CT molecular complexity index is 695. The van der Waals surface area contributed by atoms with Crippen LogP contribution in [0.5, 0.6) is 0 Å². The van der Waals surface area contributed by atoms with Crippen LogP contribution in [-0.2, 0) is 14.3 Å². The summed E-state index contributed by atoms with van der Waals surface area (Å²) in [7, 11) is 0. The number of pyridine rings is 1. The van der Waals surface area contributed by atoms with Crippen molar-refractivity contribution in [1.29, 1.82) is 0 Å². The molecule has 0 atom stereocenters. The number of halogens is 1. The van der Waals surface area contributed by atoms with E-state index in [-0.39, 0.29) is 11.5 Å². The number of hydrogen-bond acceptors (Lipinski definition) is 4. The average molecular weight is 337 g/mol. The fourth-order valence-corrected chi connectivity index (χ4v) is 2.62. The predicted octanol–water partition coefficient (Wildman–Crippen LogP) is 3.25. The maximum Gasteiger partial charge on any atom is 0.316 e. The van der Waals surface area contributed by atoms with Gasteiger partial charge < -0.3 is 10.1 Å². The largest absolute Gasteiger partial charge is 0.427 e. The summed E-state index contributed by atoms with van der Waals surface area (Å²) in [5, 5.41) is 3.18. The Morgan fingerprint density at radius 2 is 1.91 bits per heavy atom. The molecule has 1 aliphatic heterocycles. The zero-order valence-electron chi connectivity index (χ0n) is 14.2. The molecule has 2 rings (SSSR count). The van der Waals surface area contributed by atoms with Gasteiger partial charge in [0.1, 0.15) is 5.76 Å². The number of aromatic nitrogens is 1. The molecule has 1 N–H and O–H groups in total. The highest BCUT2D eigenvalue weighted by atomic mass is 35.5. The van der Waals surface area contributed by atoms with Crippen molar-refractivity contribution in [3.05, 3.63) is 34.3 Å². The van der Waals surface area contributed by atoms with Crippen molar-refractivity contribution in [3.8, 4) is 0 Å². The fourth-order valence-electron chi connectivity index (χ4n) is 2.32. The summed E-state index contributed by atoms with van der Waals surface area (Å²) in [5.41, 5.74) is 0.0899. The van der Waals surface area contributed by atoms with Crippen molar-refractivity contribution >= 4 is 29.1 Å². The first-order valence-corrected chi connectivity index (χ1v) is 7.73. The molecule has 124 valence electrons. The van der Waals surface area contributed by atoms with E-state index in [1.54, 1.807) is 40.8 Å². The number of aryl methyl sites for hydroxylation is 1. The number of nitrogens with zero attached hydrogens (tertiary/aromatic N) is 1. The van der Waals surface area contributed by atoms with Crippen LogP contribution >= 0.6 is 11.6 Å². The summed E-state index contributed by atoms with van der Waals surface area (Å²) in [5.74, 6) is -0.432. The lowest BCUT2D eigenvalue weighted by Crippen LogP contribution is -2.40. The van der Waals surface area contributed by atoms with Crippen LogP contribution in [0.25, 0.3) is 5.57 Å². The van der Waals surface area contributed by atoms with Crippen LogP contribution < -0.4 is 5.32 Å². The molecule has 1 aliphatic rings. The lowest BCUT2D eigenvalue weighted by atomic mass is 9.95. The van der Waals surface area contributed by atoms with E-state index >= 15 is 0 Å². The van der Waals surface area contributed by atoms with Gasteiger partial charge >= 0.3 is 5.97 Å². The maximum atomic E-state index is 12.5. The summed E-state index contributed by atoms with van der Waals surface area (Å²) in [4.78, 5) is 28.8. The summed E-state index contributed by atoms with van der Waals surface area (Å²) >= 11 is 6.24. The molecule has 6 heteroatoms. The molecule has 2 heterocycles. The summed E-state index contributed by atoms with van der Waals surface area (Å²) < 4.78 is 5.62. The molecule has 0 unspecified atom stereocenters. The lowest BCUT2D eigenvalue weighted by molar-refractivity contribution is -0.149. The Morgan fingerprint density at radius 3 is 2.43 bits per heavy atom. The quantitative estimate of drug-likeness (QED) is 0.842. The zero-order valence-corrected chi connectivity index (χ0v) is 15.0. The van der Waals surface area contributed by atoms with Crippen LogP contribution in [0, 0.1) is 12.3 Å². The molecule has 0 radical (unpaired) electrons. The molecule has 1 aromatic heterocycles. The van der Waals surface area contributed by atoms with Crippen LogP contribution in [0.1, 0.15) is 45.7 Å². The maximum absolute atomic E-state index is 12.5. The number of hydrogen-bond donors (Lipinski definition) is 1. The van der Waals surface area contributed by atoms with E-state index in [1.807, 2.05) is 6.92 Å². The smallest absolute Gasteiger partial charge is 0.316 e. The second-order valence-corrected chi connectivity index (χ2v) is 7.64. The fraction of sp³-hybridized carbons (Fsp3) is 0.471. The first-order valence-electron chi connectivity index (χ1n) is 7.35. The molecular formula is C17H21ClN2O3. The van der Waals surface area contributed by atoms with Gasteiger partial charge in [0.2, 0.25) is 0 Å². The molecule has 0 aromatic carbocycles. The highest BCUT2D eigenvalue weighted by Crippen LogP contribution is 2.38. The number of esters is 1. The Labute approximate surface area is 141 Å². The Morgan fingerprint density at radius 1 is 1.30 bits per heavy atom. The minimum Gasteiger partial charge on any atom is -0.427 e. The summed E-state index contributed by atoms with van der Waals surface area (Å²) in [6, 6.07) is 0. The highest BCUT2D eigenvalue weighted by molar-refractivity contribution is 6.35. The molecule has 0 fully saturated rings. The van der Waals surface area contributed by atoms with E-state index in [4.69, 9.17) is 16.3 Å². The topological polar surface area (TPSA) is 68.3 Å². The second kappa shape index (κ2) is 5.64. The molecule has 0 aliphatic carbocycles. The molecule has 1 aromatic rings. The standard InChI is InChI=1S/C17H21ClN2O3/c1-9-7-19-8-10(18)11(9)12-13(17(5,6)20-14(12)21)23-15(22)16(2,3)4/h7-8H,1-6H3,(H,20,21). The normalized spacial score (nSPS) is 17.3. The van der Waals surface area contributed by atoms with E-state index in [9.17, 15) is 9.59 Å². The highest BCUT2D eigenvalue weighted by Gasteiger charge is 2.43. The Hall–Kier alpha value is -1.88. The van der Waals surface area contributed by atoms with Crippen LogP contribution in [0.4, 0.5) is 0 Å². The van der Waals surface area contributed by atoms with Crippen molar-refractivity contribution in [2.45, 2.75) is 47.1 Å². The van der Waals surface area contributed by atoms with E-state index in [0.717, 1.165) is 5.56 Å². The molecular weight excluding hydrogens is 316 g/mol. The minimum atomic E-state index is -0.799. The van der Waals surface area contributed by atoms with Crippen LogP contribution in [0.2, 0.25) is 5.02 Å². The number of rotatable bonds is 2. The van der Waals surface area contributed by atoms with Crippen LogP contribution in [0.15, 0.2) is 18.2 Å². The van der Waals surface area contributed by atoms with Crippen LogP contribution in [0.3, 0.4) is 0 Å². The SMILES string of the molecule is Cc1cncc(Cl)c1C1=C(OC(=O)C(C)(C)C)C(C)(C)NC1=O. The van der Waals surface area contributed by atoms with Crippen LogP contribution in [-0.4, -0.2) is 22.4 Å². The number of ether oxygens (including phenoxy) is 1. The molecule has 1 amide bonds.